The molecular weight excluding hydrogens is 244 g/mol. The average molecular weight is 256 g/mol. The Hall–Kier alpha value is -2.37. The zero-order valence-electron chi connectivity index (χ0n) is 9.91. The first-order chi connectivity index (χ1) is 9.15. The van der Waals surface area contributed by atoms with Crippen molar-refractivity contribution < 1.29 is 15.3 Å². The Bertz CT molecular complexity index is 734. The highest BCUT2D eigenvalue weighted by Crippen LogP contribution is 2.31. The summed E-state index contributed by atoms with van der Waals surface area (Å²) in [5.41, 5.74) is 0.702. The second-order valence-corrected chi connectivity index (χ2v) is 4.28. The minimum atomic E-state index is -1.61. The lowest BCUT2D eigenvalue weighted by atomic mass is 10.1. The average Bonchev–Trinajstić information content (AvgIpc) is 2.87. The Morgan fingerprint density at radius 3 is 2.37 bits per heavy atom. The van der Waals surface area contributed by atoms with Gasteiger partial charge in [-0.15, -0.1) is 0 Å². The quantitative estimate of drug-likeness (QED) is 0.527. The smallest absolute Gasteiger partial charge is 0.195 e. The number of rotatable bonds is 2. The van der Waals surface area contributed by atoms with E-state index in [4.69, 9.17) is 10.2 Å². The number of aromatic hydroxyl groups is 1. The largest absolute Gasteiger partial charge is 0.507 e. The number of aliphatic hydroxyl groups excluding tert-OH is 1. The molecule has 3 rings (SSSR count). The van der Waals surface area contributed by atoms with Crippen molar-refractivity contribution in [1.82, 2.24) is 9.97 Å². The number of fused-ring (bicyclic) bond motifs is 1. The van der Waals surface area contributed by atoms with Crippen LogP contribution in [0.1, 0.15) is 12.0 Å². The van der Waals surface area contributed by atoms with Crippen LogP contribution in [0.4, 0.5) is 0 Å². The summed E-state index contributed by atoms with van der Waals surface area (Å²) in [6, 6.07) is 11.1. The van der Waals surface area contributed by atoms with Crippen molar-refractivity contribution in [1.29, 1.82) is 0 Å². The third-order valence-electron chi connectivity index (χ3n) is 2.99. The Labute approximate surface area is 108 Å². The molecule has 0 aliphatic carbocycles. The van der Waals surface area contributed by atoms with Gasteiger partial charge >= 0.3 is 0 Å². The highest BCUT2D eigenvalue weighted by atomic mass is 16.5. The van der Waals surface area contributed by atoms with Crippen molar-refractivity contribution in [3.05, 3.63) is 48.3 Å². The van der Waals surface area contributed by atoms with E-state index < -0.39 is 6.29 Å². The van der Waals surface area contributed by atoms with E-state index in [1.165, 1.54) is 6.20 Å². The molecule has 0 fully saturated rings. The lowest BCUT2D eigenvalue weighted by Gasteiger charge is -2.05. The highest BCUT2D eigenvalue weighted by Gasteiger charge is 2.12. The first-order valence-electron chi connectivity index (χ1n) is 5.78. The Kier molecular flexibility index (Phi) is 2.70. The summed E-state index contributed by atoms with van der Waals surface area (Å²) >= 11 is 0. The third-order valence-corrected chi connectivity index (χ3v) is 2.99. The van der Waals surface area contributed by atoms with Crippen LogP contribution >= 0.6 is 0 Å². The predicted molar refractivity (Wildman–Crippen MR) is 70.4 cm³/mol. The fourth-order valence-corrected chi connectivity index (χ4v) is 2.02. The standard InChI is InChI=1S/C14H12N2O3/c17-12-6-9-4-2-1-3-8(9)5-10(12)13-15-7-11(16-13)14(18)19/h1-7,14,17-19H,(H,15,16). The number of aromatic amines is 1. The van der Waals surface area contributed by atoms with Gasteiger partial charge in [0.2, 0.25) is 0 Å². The van der Waals surface area contributed by atoms with Crippen LogP contribution in [0.3, 0.4) is 0 Å². The van der Waals surface area contributed by atoms with Crippen LogP contribution in [0.5, 0.6) is 5.75 Å². The number of hydrogen-bond acceptors (Lipinski definition) is 4. The highest BCUT2D eigenvalue weighted by molar-refractivity contribution is 5.89. The van der Waals surface area contributed by atoms with Gasteiger partial charge in [0.1, 0.15) is 11.6 Å². The summed E-state index contributed by atoms with van der Waals surface area (Å²) < 4.78 is 0. The molecule has 0 spiro atoms. The van der Waals surface area contributed by atoms with E-state index in [9.17, 15) is 5.11 Å². The molecule has 0 saturated carbocycles. The van der Waals surface area contributed by atoms with Crippen LogP contribution in [-0.2, 0) is 0 Å². The number of nitrogens with zero attached hydrogens (tertiary/aromatic N) is 1. The maximum absolute atomic E-state index is 10.0. The van der Waals surface area contributed by atoms with Gasteiger partial charge in [0, 0.05) is 0 Å². The van der Waals surface area contributed by atoms with Gasteiger partial charge in [-0.1, -0.05) is 24.3 Å². The molecule has 1 heterocycles. The monoisotopic (exact) mass is 256 g/mol. The first-order valence-corrected chi connectivity index (χ1v) is 5.78. The third kappa shape index (κ3) is 2.05. The van der Waals surface area contributed by atoms with E-state index in [0.29, 0.717) is 11.4 Å². The first kappa shape index (κ1) is 11.7. The molecule has 0 aliphatic heterocycles. The number of benzene rings is 2. The van der Waals surface area contributed by atoms with Gasteiger partial charge in [0.25, 0.3) is 0 Å². The van der Waals surface area contributed by atoms with Crippen molar-refractivity contribution in [3.63, 3.8) is 0 Å². The molecule has 0 aliphatic rings. The van der Waals surface area contributed by atoms with E-state index in [1.54, 1.807) is 12.1 Å². The Balaban J connectivity index is 2.15. The maximum Gasteiger partial charge on any atom is 0.195 e. The number of hydrogen-bond donors (Lipinski definition) is 4. The minimum absolute atomic E-state index is 0.0898. The lowest BCUT2D eigenvalue weighted by molar-refractivity contribution is -0.0455. The molecule has 0 unspecified atom stereocenters. The number of H-pyrrole nitrogens is 1. The van der Waals surface area contributed by atoms with Crippen molar-refractivity contribution in [2.45, 2.75) is 6.29 Å². The zero-order chi connectivity index (χ0) is 13.4. The molecule has 5 nitrogen and oxygen atoms in total. The molecule has 0 saturated heterocycles. The lowest BCUT2D eigenvalue weighted by Crippen LogP contribution is -1.94. The molecule has 0 atom stereocenters. The topological polar surface area (TPSA) is 89.4 Å². The van der Waals surface area contributed by atoms with Crippen LogP contribution in [-0.4, -0.2) is 25.3 Å². The van der Waals surface area contributed by atoms with E-state index in [0.717, 1.165) is 10.8 Å². The predicted octanol–water partition coefficient (Wildman–Crippen LogP) is 1.92. The summed E-state index contributed by atoms with van der Waals surface area (Å²) in [4.78, 5) is 6.80. The van der Waals surface area contributed by atoms with E-state index >= 15 is 0 Å². The number of aliphatic hydroxyl groups is 2. The zero-order valence-corrected chi connectivity index (χ0v) is 9.91. The van der Waals surface area contributed by atoms with Crippen LogP contribution < -0.4 is 0 Å². The van der Waals surface area contributed by atoms with E-state index in [2.05, 4.69) is 9.97 Å². The molecule has 2 aromatic carbocycles. The fraction of sp³-hybridized carbons (Fsp3) is 0.0714. The summed E-state index contributed by atoms with van der Waals surface area (Å²) in [5.74, 6) is 0.485. The molecule has 96 valence electrons. The van der Waals surface area contributed by atoms with Crippen molar-refractivity contribution in [3.8, 4) is 17.1 Å². The summed E-state index contributed by atoms with van der Waals surface area (Å²) in [6.45, 7) is 0. The van der Waals surface area contributed by atoms with Gasteiger partial charge < -0.3 is 20.3 Å². The summed E-state index contributed by atoms with van der Waals surface area (Å²) in [5, 5.41) is 30.0. The van der Waals surface area contributed by atoms with Gasteiger partial charge in [-0.25, -0.2) is 4.98 Å². The normalized spacial score (nSPS) is 11.3. The molecule has 0 amide bonds. The maximum atomic E-state index is 10.0. The summed E-state index contributed by atoms with van der Waals surface area (Å²) in [6.07, 6.45) is -0.280. The van der Waals surface area contributed by atoms with Crippen molar-refractivity contribution >= 4 is 10.8 Å². The number of phenols is 1. The molecule has 1 aromatic heterocycles. The second kappa shape index (κ2) is 4.38. The molecule has 5 heteroatoms. The minimum Gasteiger partial charge on any atom is -0.507 e. The number of aromatic nitrogens is 2. The van der Waals surface area contributed by atoms with Gasteiger partial charge in [-0.05, 0) is 22.9 Å². The Morgan fingerprint density at radius 2 is 1.74 bits per heavy atom. The number of phenolic OH excluding ortho intramolecular Hbond substituents is 1. The van der Waals surface area contributed by atoms with Crippen LogP contribution in [0, 0.1) is 0 Å². The van der Waals surface area contributed by atoms with Crippen molar-refractivity contribution in [2.24, 2.45) is 0 Å². The van der Waals surface area contributed by atoms with Crippen LogP contribution in [0.25, 0.3) is 22.2 Å². The molecule has 0 radical (unpaired) electrons. The molecule has 19 heavy (non-hydrogen) atoms. The SMILES string of the molecule is Oc1cc2ccccc2cc1-c1ncc(C(O)O)[nH]1. The molecule has 3 aromatic rings. The van der Waals surface area contributed by atoms with Gasteiger partial charge in [0.15, 0.2) is 6.29 Å². The Morgan fingerprint density at radius 1 is 1.05 bits per heavy atom. The molecule has 0 bridgehead atoms. The van der Waals surface area contributed by atoms with Gasteiger partial charge in [-0.2, -0.15) is 0 Å². The fourth-order valence-electron chi connectivity index (χ4n) is 2.02. The van der Waals surface area contributed by atoms with Crippen LogP contribution in [0.2, 0.25) is 0 Å². The second-order valence-electron chi connectivity index (χ2n) is 4.28. The van der Waals surface area contributed by atoms with Gasteiger partial charge in [0.05, 0.1) is 17.5 Å². The molecular formula is C14H12N2O3. The van der Waals surface area contributed by atoms with Gasteiger partial charge in [-0.3, -0.25) is 0 Å². The van der Waals surface area contributed by atoms with Crippen molar-refractivity contribution in [2.75, 3.05) is 0 Å². The molecule has 4 N–H and O–H groups in total. The number of imidazole rings is 1. The summed E-state index contributed by atoms with van der Waals surface area (Å²) in [7, 11) is 0. The van der Waals surface area contributed by atoms with E-state index in [1.807, 2.05) is 24.3 Å². The van der Waals surface area contributed by atoms with E-state index in [-0.39, 0.29) is 11.4 Å². The van der Waals surface area contributed by atoms with Crippen LogP contribution in [0.15, 0.2) is 42.6 Å². The number of nitrogens with one attached hydrogen (secondary N) is 1.